The van der Waals surface area contributed by atoms with E-state index in [0.717, 1.165) is 32.2 Å². The second-order valence-corrected chi connectivity index (χ2v) is 6.90. The van der Waals surface area contributed by atoms with Gasteiger partial charge < -0.3 is 10.6 Å². The first-order valence-electron chi connectivity index (χ1n) is 8.18. The second-order valence-electron chi connectivity index (χ2n) is 6.90. The van der Waals surface area contributed by atoms with Crippen molar-refractivity contribution in [1.82, 2.24) is 4.90 Å². The molecule has 1 aliphatic carbocycles. The smallest absolute Gasteiger partial charge is 0.226 e. The van der Waals surface area contributed by atoms with Crippen LogP contribution in [-0.4, -0.2) is 29.4 Å². The molecule has 1 saturated carbocycles. The summed E-state index contributed by atoms with van der Waals surface area (Å²) in [5.74, 6) is 0.991. The molecule has 0 radical (unpaired) electrons. The molecule has 3 nitrogen and oxygen atoms in total. The zero-order chi connectivity index (χ0) is 15.0. The number of benzene rings is 1. The molecule has 1 aromatic carbocycles. The molecule has 3 rings (SSSR count). The van der Waals surface area contributed by atoms with Gasteiger partial charge in [0, 0.05) is 30.5 Å². The van der Waals surface area contributed by atoms with Crippen LogP contribution in [0, 0.1) is 12.8 Å². The van der Waals surface area contributed by atoms with Crippen molar-refractivity contribution in [1.29, 1.82) is 0 Å². The van der Waals surface area contributed by atoms with Crippen molar-refractivity contribution in [2.45, 2.75) is 57.5 Å². The molecule has 4 atom stereocenters. The Balaban J connectivity index is 1.71. The van der Waals surface area contributed by atoms with Crippen LogP contribution in [0.15, 0.2) is 24.3 Å². The minimum absolute atomic E-state index is 0.165. The Labute approximate surface area is 127 Å². The van der Waals surface area contributed by atoms with Crippen LogP contribution in [0.4, 0.5) is 0 Å². The van der Waals surface area contributed by atoms with E-state index in [9.17, 15) is 4.79 Å². The summed E-state index contributed by atoms with van der Waals surface area (Å²) >= 11 is 0. The van der Waals surface area contributed by atoms with Crippen LogP contribution in [0.5, 0.6) is 0 Å². The third-order valence-corrected chi connectivity index (χ3v) is 5.31. The molecule has 114 valence electrons. The van der Waals surface area contributed by atoms with Crippen molar-refractivity contribution >= 4 is 5.91 Å². The molecule has 21 heavy (non-hydrogen) atoms. The van der Waals surface area contributed by atoms with Crippen molar-refractivity contribution in [2.24, 2.45) is 11.7 Å². The lowest BCUT2D eigenvalue weighted by Crippen LogP contribution is -2.38. The van der Waals surface area contributed by atoms with E-state index < -0.39 is 0 Å². The van der Waals surface area contributed by atoms with Crippen LogP contribution < -0.4 is 5.73 Å². The largest absolute Gasteiger partial charge is 0.339 e. The van der Waals surface area contributed by atoms with Crippen molar-refractivity contribution in [3.63, 3.8) is 0 Å². The number of likely N-dealkylation sites (tertiary alicyclic amines) is 1. The molecule has 2 aliphatic rings. The lowest BCUT2D eigenvalue weighted by atomic mass is 9.93. The molecule has 1 aromatic rings. The Morgan fingerprint density at radius 1 is 1.24 bits per heavy atom. The monoisotopic (exact) mass is 286 g/mol. The molecule has 1 heterocycles. The van der Waals surface area contributed by atoms with Gasteiger partial charge >= 0.3 is 0 Å². The van der Waals surface area contributed by atoms with Crippen LogP contribution in [0.1, 0.15) is 49.7 Å². The van der Waals surface area contributed by atoms with Crippen LogP contribution in [0.25, 0.3) is 0 Å². The molecule has 1 saturated heterocycles. The molecule has 0 aromatic heterocycles. The third-order valence-electron chi connectivity index (χ3n) is 5.31. The first-order chi connectivity index (χ1) is 10.1. The third kappa shape index (κ3) is 2.84. The molecule has 0 bridgehead atoms. The highest BCUT2D eigenvalue weighted by Gasteiger charge is 2.38. The molecule has 2 fully saturated rings. The highest BCUT2D eigenvalue weighted by Crippen LogP contribution is 2.36. The lowest BCUT2D eigenvalue weighted by molar-refractivity contribution is -0.135. The van der Waals surface area contributed by atoms with Crippen molar-refractivity contribution in [3.05, 3.63) is 35.4 Å². The quantitative estimate of drug-likeness (QED) is 0.908. The van der Waals surface area contributed by atoms with Gasteiger partial charge in [-0.25, -0.2) is 0 Å². The predicted molar refractivity (Wildman–Crippen MR) is 85.0 cm³/mol. The maximum absolute atomic E-state index is 12.7. The van der Waals surface area contributed by atoms with Gasteiger partial charge in [0.25, 0.3) is 0 Å². The van der Waals surface area contributed by atoms with E-state index in [1.165, 1.54) is 11.1 Å². The fraction of sp³-hybridized carbons (Fsp3) is 0.611. The summed E-state index contributed by atoms with van der Waals surface area (Å²) in [6, 6.07) is 9.14. The second kappa shape index (κ2) is 5.80. The van der Waals surface area contributed by atoms with E-state index in [1.807, 2.05) is 0 Å². The van der Waals surface area contributed by atoms with Gasteiger partial charge in [-0.2, -0.15) is 0 Å². The highest BCUT2D eigenvalue weighted by molar-refractivity contribution is 5.80. The maximum atomic E-state index is 12.7. The predicted octanol–water partition coefficient (Wildman–Crippen LogP) is 2.83. The lowest BCUT2D eigenvalue weighted by Gasteiger charge is -2.25. The zero-order valence-corrected chi connectivity index (χ0v) is 13.1. The summed E-state index contributed by atoms with van der Waals surface area (Å²) in [5, 5.41) is 0. The zero-order valence-electron chi connectivity index (χ0n) is 13.1. The normalized spacial score (nSPS) is 32.6. The fourth-order valence-corrected chi connectivity index (χ4v) is 4.08. The molecule has 3 heteroatoms. The average Bonchev–Trinajstić information content (AvgIpc) is 3.05. The summed E-state index contributed by atoms with van der Waals surface area (Å²) in [5.41, 5.74) is 8.71. The first kappa shape index (κ1) is 14.6. The molecule has 2 N–H and O–H groups in total. The van der Waals surface area contributed by atoms with E-state index in [4.69, 9.17) is 5.73 Å². The van der Waals surface area contributed by atoms with E-state index in [0.29, 0.717) is 17.9 Å². The Morgan fingerprint density at radius 3 is 2.67 bits per heavy atom. The van der Waals surface area contributed by atoms with Crippen molar-refractivity contribution < 1.29 is 4.79 Å². The molecule has 0 unspecified atom stereocenters. The number of nitrogens with two attached hydrogens (primary N) is 1. The van der Waals surface area contributed by atoms with Crippen LogP contribution >= 0.6 is 0 Å². The molecule has 1 amide bonds. The summed E-state index contributed by atoms with van der Waals surface area (Å²) in [6.07, 6.45) is 3.92. The van der Waals surface area contributed by atoms with Crippen LogP contribution in [0.2, 0.25) is 0 Å². The number of nitrogens with zero attached hydrogens (tertiary/aromatic N) is 1. The number of hydrogen-bond donors (Lipinski definition) is 1. The minimum atomic E-state index is 0.165. The Bertz CT molecular complexity index is 528. The van der Waals surface area contributed by atoms with Gasteiger partial charge in [0.2, 0.25) is 5.91 Å². The van der Waals surface area contributed by atoms with E-state index >= 15 is 0 Å². The number of aryl methyl sites for hydroxylation is 1. The van der Waals surface area contributed by atoms with Gasteiger partial charge in [-0.15, -0.1) is 0 Å². The maximum Gasteiger partial charge on any atom is 0.226 e. The molecular weight excluding hydrogens is 260 g/mol. The van der Waals surface area contributed by atoms with E-state index in [2.05, 4.69) is 43.0 Å². The fourth-order valence-electron chi connectivity index (χ4n) is 4.08. The van der Waals surface area contributed by atoms with Gasteiger partial charge in [0.1, 0.15) is 0 Å². The van der Waals surface area contributed by atoms with Crippen LogP contribution in [-0.2, 0) is 4.79 Å². The summed E-state index contributed by atoms with van der Waals surface area (Å²) in [7, 11) is 0. The minimum Gasteiger partial charge on any atom is -0.339 e. The number of carbonyl (C=O) groups excluding carboxylic acids is 1. The number of hydrogen-bond acceptors (Lipinski definition) is 2. The first-order valence-corrected chi connectivity index (χ1v) is 8.18. The Morgan fingerprint density at radius 2 is 2.00 bits per heavy atom. The Kier molecular flexibility index (Phi) is 4.03. The summed E-state index contributed by atoms with van der Waals surface area (Å²) in [6.45, 7) is 5.22. The van der Waals surface area contributed by atoms with Crippen LogP contribution in [0.3, 0.4) is 0 Å². The standard InChI is InChI=1S/C18H26N2O/c1-12-5-3-4-6-17(12)15-9-13(2)20(11-15)18(21)14-7-8-16(19)10-14/h3-6,13-16H,7-11,19H2,1-2H3/t13-,14-,15+,16+/m0/s1. The average molecular weight is 286 g/mol. The molecule has 0 spiro atoms. The number of carbonyl (C=O) groups is 1. The number of rotatable bonds is 2. The van der Waals surface area contributed by atoms with Gasteiger partial charge in [-0.1, -0.05) is 24.3 Å². The van der Waals surface area contributed by atoms with Crippen molar-refractivity contribution in [2.75, 3.05) is 6.54 Å². The summed E-state index contributed by atoms with van der Waals surface area (Å²) in [4.78, 5) is 14.8. The molecular formula is C18H26N2O. The molecule has 1 aliphatic heterocycles. The van der Waals surface area contributed by atoms with Crippen molar-refractivity contribution in [3.8, 4) is 0 Å². The van der Waals surface area contributed by atoms with Gasteiger partial charge in [0.15, 0.2) is 0 Å². The highest BCUT2D eigenvalue weighted by atomic mass is 16.2. The summed E-state index contributed by atoms with van der Waals surface area (Å²) < 4.78 is 0. The Hall–Kier alpha value is -1.35. The number of amides is 1. The van der Waals surface area contributed by atoms with Gasteiger partial charge in [-0.3, -0.25) is 4.79 Å². The SMILES string of the molecule is Cc1ccccc1[C@@H]1C[C@H](C)N(C(=O)[C@H]2CC[C@@H](N)C2)C1. The van der Waals surface area contributed by atoms with E-state index in [-0.39, 0.29) is 12.0 Å². The van der Waals surface area contributed by atoms with Gasteiger partial charge in [-0.05, 0) is 50.7 Å². The van der Waals surface area contributed by atoms with E-state index in [1.54, 1.807) is 0 Å². The topological polar surface area (TPSA) is 46.3 Å². The van der Waals surface area contributed by atoms with Gasteiger partial charge in [0.05, 0.1) is 0 Å².